The van der Waals surface area contributed by atoms with Crippen LogP contribution in [0.2, 0.25) is 5.02 Å². The summed E-state index contributed by atoms with van der Waals surface area (Å²) in [6, 6.07) is 21.2. The summed E-state index contributed by atoms with van der Waals surface area (Å²) in [5.74, 6) is -0.659. The zero-order valence-corrected chi connectivity index (χ0v) is 19.3. The van der Waals surface area contributed by atoms with Crippen LogP contribution < -0.4 is 20.3 Å². The second-order valence-corrected chi connectivity index (χ2v) is 8.35. The number of anilines is 2. The number of halogens is 1. The van der Waals surface area contributed by atoms with Gasteiger partial charge in [-0.1, -0.05) is 48.0 Å². The molecule has 174 valence electrons. The normalized spacial score (nSPS) is 15.2. The lowest BCUT2D eigenvalue weighted by Crippen LogP contribution is -2.29. The van der Waals surface area contributed by atoms with Gasteiger partial charge in [0.15, 0.2) is 0 Å². The highest BCUT2D eigenvalue weighted by atomic mass is 35.5. The van der Waals surface area contributed by atoms with Gasteiger partial charge in [-0.3, -0.25) is 14.4 Å². The van der Waals surface area contributed by atoms with Crippen molar-refractivity contribution in [2.75, 3.05) is 23.9 Å². The van der Waals surface area contributed by atoms with Crippen LogP contribution in [0.3, 0.4) is 0 Å². The van der Waals surface area contributed by atoms with Gasteiger partial charge < -0.3 is 20.3 Å². The molecule has 34 heavy (non-hydrogen) atoms. The summed E-state index contributed by atoms with van der Waals surface area (Å²) < 4.78 is 5.33. The van der Waals surface area contributed by atoms with Crippen molar-refractivity contribution in [3.8, 4) is 5.75 Å². The topological polar surface area (TPSA) is 87.7 Å². The Morgan fingerprint density at radius 2 is 1.82 bits per heavy atom. The van der Waals surface area contributed by atoms with E-state index >= 15 is 0 Å². The third kappa shape index (κ3) is 5.21. The minimum atomic E-state index is -0.545. The van der Waals surface area contributed by atoms with E-state index in [1.807, 2.05) is 24.3 Å². The van der Waals surface area contributed by atoms with Crippen LogP contribution in [-0.4, -0.2) is 31.4 Å². The van der Waals surface area contributed by atoms with Gasteiger partial charge in [0.2, 0.25) is 11.8 Å². The highest BCUT2D eigenvalue weighted by molar-refractivity contribution is 6.31. The zero-order chi connectivity index (χ0) is 24.1. The number of hydrogen-bond acceptors (Lipinski definition) is 4. The Labute approximate surface area is 202 Å². The molecule has 0 aromatic heterocycles. The Kier molecular flexibility index (Phi) is 7.13. The molecule has 1 aliphatic rings. The summed E-state index contributed by atoms with van der Waals surface area (Å²) in [5, 5.41) is 6.22. The summed E-state index contributed by atoms with van der Waals surface area (Å²) in [6.45, 7) is 0.518. The molecule has 0 saturated carbocycles. The van der Waals surface area contributed by atoms with Crippen molar-refractivity contribution in [2.45, 2.75) is 13.0 Å². The SMILES string of the molecule is COc1ccccc1CNC(=O)c1ccccc1NC(=O)[C@H]1CC(=O)N(c2cccc(Cl)c2)C1. The molecule has 0 spiro atoms. The molecule has 3 aromatic rings. The number of para-hydroxylation sites is 2. The third-order valence-corrected chi connectivity index (χ3v) is 5.91. The van der Waals surface area contributed by atoms with E-state index in [2.05, 4.69) is 10.6 Å². The Hall–Kier alpha value is -3.84. The van der Waals surface area contributed by atoms with Gasteiger partial charge in [0, 0.05) is 35.8 Å². The van der Waals surface area contributed by atoms with Gasteiger partial charge in [0.05, 0.1) is 24.3 Å². The van der Waals surface area contributed by atoms with Crippen LogP contribution in [0.4, 0.5) is 11.4 Å². The molecule has 3 aromatic carbocycles. The fourth-order valence-electron chi connectivity index (χ4n) is 3.92. The average Bonchev–Trinajstić information content (AvgIpc) is 3.25. The monoisotopic (exact) mass is 477 g/mol. The Balaban J connectivity index is 1.43. The first-order valence-electron chi connectivity index (χ1n) is 10.8. The number of nitrogens with zero attached hydrogens (tertiary/aromatic N) is 1. The molecular weight excluding hydrogens is 454 g/mol. The van der Waals surface area contributed by atoms with Crippen molar-refractivity contribution in [1.82, 2.24) is 5.32 Å². The number of hydrogen-bond donors (Lipinski definition) is 2. The van der Waals surface area contributed by atoms with Crippen molar-refractivity contribution >= 4 is 40.7 Å². The molecule has 7 nitrogen and oxygen atoms in total. The zero-order valence-electron chi connectivity index (χ0n) is 18.6. The van der Waals surface area contributed by atoms with Crippen LogP contribution in [0.5, 0.6) is 5.75 Å². The number of carbonyl (C=O) groups is 3. The van der Waals surface area contributed by atoms with Crippen molar-refractivity contribution in [2.24, 2.45) is 5.92 Å². The maximum absolute atomic E-state index is 13.0. The van der Waals surface area contributed by atoms with Crippen LogP contribution in [0, 0.1) is 5.92 Å². The number of nitrogens with one attached hydrogen (secondary N) is 2. The van der Waals surface area contributed by atoms with Gasteiger partial charge in [-0.05, 0) is 36.4 Å². The van der Waals surface area contributed by atoms with E-state index in [9.17, 15) is 14.4 Å². The first-order chi connectivity index (χ1) is 16.5. The summed E-state index contributed by atoms with van der Waals surface area (Å²) in [6.07, 6.45) is 0.0838. The molecule has 1 aliphatic heterocycles. The van der Waals surface area contributed by atoms with E-state index in [-0.39, 0.29) is 37.2 Å². The minimum absolute atomic E-state index is 0.0838. The molecule has 1 atom stereocenters. The molecule has 0 unspecified atom stereocenters. The van der Waals surface area contributed by atoms with Crippen LogP contribution in [0.1, 0.15) is 22.3 Å². The predicted molar refractivity (Wildman–Crippen MR) is 131 cm³/mol. The molecule has 1 saturated heterocycles. The van der Waals surface area contributed by atoms with Gasteiger partial charge in [0.25, 0.3) is 5.91 Å². The quantitative estimate of drug-likeness (QED) is 0.532. The second-order valence-electron chi connectivity index (χ2n) is 7.91. The van der Waals surface area contributed by atoms with E-state index in [4.69, 9.17) is 16.3 Å². The fraction of sp³-hybridized carbons (Fsp3) is 0.192. The van der Waals surface area contributed by atoms with Gasteiger partial charge >= 0.3 is 0 Å². The van der Waals surface area contributed by atoms with Gasteiger partial charge in [-0.2, -0.15) is 0 Å². The summed E-state index contributed by atoms with van der Waals surface area (Å²) in [4.78, 5) is 39.9. The minimum Gasteiger partial charge on any atom is -0.496 e. The number of benzene rings is 3. The van der Waals surface area contributed by atoms with Crippen molar-refractivity contribution in [3.63, 3.8) is 0 Å². The molecule has 0 bridgehead atoms. The lowest BCUT2D eigenvalue weighted by molar-refractivity contribution is -0.122. The second kappa shape index (κ2) is 10.4. The third-order valence-electron chi connectivity index (χ3n) is 5.68. The van der Waals surface area contributed by atoms with Gasteiger partial charge in [0.1, 0.15) is 5.75 Å². The Morgan fingerprint density at radius 1 is 1.06 bits per heavy atom. The Bertz CT molecular complexity index is 1230. The number of methoxy groups -OCH3 is 1. The van der Waals surface area contributed by atoms with E-state index in [1.54, 1.807) is 60.5 Å². The standard InChI is InChI=1S/C26H24ClN3O4/c1-34-23-12-5-2-7-17(23)15-28-26(33)21-10-3-4-11-22(21)29-25(32)18-13-24(31)30(16-18)20-9-6-8-19(27)14-20/h2-12,14,18H,13,15-16H2,1H3,(H,28,33)(H,29,32)/t18-/m0/s1. The highest BCUT2D eigenvalue weighted by Gasteiger charge is 2.35. The lowest BCUT2D eigenvalue weighted by atomic mass is 10.1. The number of amides is 3. The number of ether oxygens (including phenoxy) is 1. The largest absolute Gasteiger partial charge is 0.496 e. The summed E-state index contributed by atoms with van der Waals surface area (Å²) >= 11 is 6.04. The predicted octanol–water partition coefficient (Wildman–Crippen LogP) is 4.27. The maximum Gasteiger partial charge on any atom is 0.253 e. The van der Waals surface area contributed by atoms with E-state index in [0.29, 0.717) is 27.7 Å². The van der Waals surface area contributed by atoms with Gasteiger partial charge in [-0.15, -0.1) is 0 Å². The first-order valence-corrected chi connectivity index (χ1v) is 11.2. The van der Waals surface area contributed by atoms with Crippen LogP contribution in [0.25, 0.3) is 0 Å². The van der Waals surface area contributed by atoms with E-state index < -0.39 is 5.92 Å². The molecule has 3 amide bonds. The summed E-state index contributed by atoms with van der Waals surface area (Å²) in [7, 11) is 1.58. The van der Waals surface area contributed by atoms with Crippen LogP contribution in [0.15, 0.2) is 72.8 Å². The molecule has 0 radical (unpaired) electrons. The highest BCUT2D eigenvalue weighted by Crippen LogP contribution is 2.28. The molecular formula is C26H24ClN3O4. The average molecular weight is 478 g/mol. The molecule has 1 heterocycles. The van der Waals surface area contributed by atoms with Gasteiger partial charge in [-0.25, -0.2) is 0 Å². The maximum atomic E-state index is 13.0. The smallest absolute Gasteiger partial charge is 0.253 e. The molecule has 8 heteroatoms. The fourth-order valence-corrected chi connectivity index (χ4v) is 4.11. The van der Waals surface area contributed by atoms with E-state index in [0.717, 1.165) is 5.56 Å². The molecule has 4 rings (SSSR count). The van der Waals surface area contributed by atoms with Crippen molar-refractivity contribution in [1.29, 1.82) is 0 Å². The first kappa shape index (κ1) is 23.3. The van der Waals surface area contributed by atoms with Crippen LogP contribution in [-0.2, 0) is 16.1 Å². The number of carbonyl (C=O) groups excluding carboxylic acids is 3. The lowest BCUT2D eigenvalue weighted by Gasteiger charge is -2.17. The molecule has 1 fully saturated rings. The Morgan fingerprint density at radius 3 is 2.62 bits per heavy atom. The number of rotatable bonds is 7. The van der Waals surface area contributed by atoms with Crippen LogP contribution >= 0.6 is 11.6 Å². The molecule has 2 N–H and O–H groups in total. The molecule has 0 aliphatic carbocycles. The summed E-state index contributed by atoms with van der Waals surface area (Å²) in [5.41, 5.74) is 2.22. The van der Waals surface area contributed by atoms with E-state index in [1.165, 1.54) is 0 Å². The van der Waals surface area contributed by atoms with Crippen molar-refractivity contribution < 1.29 is 19.1 Å². The van der Waals surface area contributed by atoms with Crippen molar-refractivity contribution in [3.05, 3.63) is 88.9 Å².